The Bertz CT molecular complexity index is 899. The molecular weight excluding hydrogens is 356 g/mol. The second kappa shape index (κ2) is 7.01. The van der Waals surface area contributed by atoms with Gasteiger partial charge in [-0.3, -0.25) is 14.5 Å². The number of fused-ring (bicyclic) bond motifs is 1. The molecule has 0 aliphatic carbocycles. The number of nitrogens with zero attached hydrogens (tertiary/aromatic N) is 2. The molecule has 7 heteroatoms. The zero-order chi connectivity index (χ0) is 18.1. The second-order valence-corrected chi connectivity index (χ2v) is 7.99. The van der Waals surface area contributed by atoms with Crippen molar-refractivity contribution in [3.05, 3.63) is 40.9 Å². The van der Waals surface area contributed by atoms with E-state index in [0.717, 1.165) is 16.5 Å². The smallest absolute Gasteiger partial charge is 0.323 e. The molecule has 1 aromatic heterocycles. The third-order valence-corrected chi connectivity index (χ3v) is 5.21. The van der Waals surface area contributed by atoms with Crippen molar-refractivity contribution in [2.45, 2.75) is 20.4 Å². The third kappa shape index (κ3) is 3.62. The van der Waals surface area contributed by atoms with Crippen LogP contribution in [0.15, 0.2) is 35.4 Å². The first kappa shape index (κ1) is 17.7. The molecule has 130 valence electrons. The number of thioether (sulfide) groups is 1. The number of para-hydroxylation sites is 1. The minimum atomic E-state index is -0.907. The summed E-state index contributed by atoms with van der Waals surface area (Å²) in [6.07, 6.45) is 3.58. The molecule has 1 saturated heterocycles. The van der Waals surface area contributed by atoms with Crippen LogP contribution < -0.4 is 0 Å². The van der Waals surface area contributed by atoms with Crippen molar-refractivity contribution < 1.29 is 14.7 Å². The van der Waals surface area contributed by atoms with E-state index < -0.39 is 5.97 Å². The molecule has 1 aliphatic heterocycles. The Balaban J connectivity index is 2.00. The van der Waals surface area contributed by atoms with Gasteiger partial charge in [-0.25, -0.2) is 0 Å². The fraction of sp³-hybridized carbons (Fsp3) is 0.278. The molecule has 1 fully saturated rings. The largest absolute Gasteiger partial charge is 0.480 e. The first-order valence-corrected chi connectivity index (χ1v) is 9.14. The molecule has 1 N–H and O–H groups in total. The summed E-state index contributed by atoms with van der Waals surface area (Å²) in [7, 11) is 0. The van der Waals surface area contributed by atoms with Gasteiger partial charge in [0.2, 0.25) is 0 Å². The molecule has 2 heterocycles. The number of carbonyl (C=O) groups excluding carboxylic acids is 1. The summed E-state index contributed by atoms with van der Waals surface area (Å²) in [5.41, 5.74) is 1.65. The Morgan fingerprint density at radius 3 is 2.76 bits per heavy atom. The Morgan fingerprint density at radius 1 is 1.36 bits per heavy atom. The minimum absolute atomic E-state index is 0.0845. The summed E-state index contributed by atoms with van der Waals surface area (Å²) in [5, 5.41) is 10.0. The maximum Gasteiger partial charge on any atom is 0.323 e. The molecule has 1 amide bonds. The molecule has 0 radical (unpaired) electrons. The summed E-state index contributed by atoms with van der Waals surface area (Å²) in [6.45, 7) is 4.56. The highest BCUT2D eigenvalue weighted by Crippen LogP contribution is 2.34. The molecule has 25 heavy (non-hydrogen) atoms. The van der Waals surface area contributed by atoms with Crippen molar-refractivity contribution in [3.63, 3.8) is 0 Å². The molecule has 5 nitrogen and oxygen atoms in total. The number of carboxylic acids is 1. The predicted octanol–water partition coefficient (Wildman–Crippen LogP) is 3.58. The summed E-state index contributed by atoms with van der Waals surface area (Å²) in [6, 6.07) is 7.56. The Morgan fingerprint density at radius 2 is 2.08 bits per heavy atom. The number of aliphatic carboxylic acids is 1. The number of carbonyl (C=O) groups is 2. The molecule has 1 aliphatic rings. The monoisotopic (exact) mass is 374 g/mol. The summed E-state index contributed by atoms with van der Waals surface area (Å²) >= 11 is 6.63. The fourth-order valence-corrected chi connectivity index (χ4v) is 4.10. The number of amides is 1. The van der Waals surface area contributed by atoms with E-state index in [-0.39, 0.29) is 12.5 Å². The number of aromatic nitrogens is 1. The van der Waals surface area contributed by atoms with Gasteiger partial charge in [-0.05, 0) is 18.1 Å². The van der Waals surface area contributed by atoms with Gasteiger partial charge in [0.15, 0.2) is 0 Å². The van der Waals surface area contributed by atoms with Gasteiger partial charge >= 0.3 is 5.97 Å². The molecule has 2 aromatic rings. The number of rotatable bonds is 5. The third-order valence-electron chi connectivity index (χ3n) is 3.83. The quantitative estimate of drug-likeness (QED) is 0.640. The number of carboxylic acid groups (broad SMARTS) is 1. The molecule has 0 bridgehead atoms. The molecule has 1 aromatic carbocycles. The summed E-state index contributed by atoms with van der Waals surface area (Å²) in [4.78, 5) is 25.9. The van der Waals surface area contributed by atoms with Crippen LogP contribution in [0.3, 0.4) is 0 Å². The molecular formula is C18H18N2O3S2. The van der Waals surface area contributed by atoms with Gasteiger partial charge in [-0.2, -0.15) is 0 Å². The van der Waals surface area contributed by atoms with Crippen LogP contribution in [0.25, 0.3) is 17.0 Å². The fourth-order valence-electron chi connectivity index (χ4n) is 2.83. The van der Waals surface area contributed by atoms with E-state index in [0.29, 0.717) is 21.7 Å². The van der Waals surface area contributed by atoms with Crippen LogP contribution in [0.1, 0.15) is 19.4 Å². The average Bonchev–Trinajstić information content (AvgIpc) is 3.00. The van der Waals surface area contributed by atoms with Crippen LogP contribution >= 0.6 is 24.0 Å². The molecule has 0 atom stereocenters. The van der Waals surface area contributed by atoms with Crippen LogP contribution in [0.5, 0.6) is 0 Å². The predicted molar refractivity (Wildman–Crippen MR) is 104 cm³/mol. The van der Waals surface area contributed by atoms with Crippen molar-refractivity contribution in [2.24, 2.45) is 5.92 Å². The highest BCUT2D eigenvalue weighted by Gasteiger charge is 2.32. The van der Waals surface area contributed by atoms with Crippen LogP contribution in [-0.2, 0) is 16.1 Å². The number of hydrogen-bond donors (Lipinski definition) is 1. The zero-order valence-electron chi connectivity index (χ0n) is 13.9. The summed E-state index contributed by atoms with van der Waals surface area (Å²) in [5.74, 6) is -0.659. The van der Waals surface area contributed by atoms with Gasteiger partial charge in [0, 0.05) is 29.2 Å². The Labute approximate surface area is 155 Å². The van der Waals surface area contributed by atoms with Crippen molar-refractivity contribution in [2.75, 3.05) is 6.54 Å². The van der Waals surface area contributed by atoms with E-state index in [1.54, 1.807) is 21.7 Å². The first-order valence-electron chi connectivity index (χ1n) is 7.92. The zero-order valence-corrected chi connectivity index (χ0v) is 15.6. The van der Waals surface area contributed by atoms with Crippen molar-refractivity contribution in [1.29, 1.82) is 0 Å². The normalized spacial score (nSPS) is 16.6. The molecule has 0 spiro atoms. The van der Waals surface area contributed by atoms with Gasteiger partial charge in [0.1, 0.15) is 10.9 Å². The average molecular weight is 374 g/mol. The van der Waals surface area contributed by atoms with Gasteiger partial charge < -0.3 is 9.67 Å². The second-order valence-electron chi connectivity index (χ2n) is 6.31. The van der Waals surface area contributed by atoms with Crippen LogP contribution in [0.2, 0.25) is 0 Å². The lowest BCUT2D eigenvalue weighted by molar-refractivity contribution is -0.137. The van der Waals surface area contributed by atoms with Crippen molar-refractivity contribution >= 4 is 57.2 Å². The maximum atomic E-state index is 12.6. The van der Waals surface area contributed by atoms with E-state index in [9.17, 15) is 9.59 Å². The molecule has 0 saturated carbocycles. The van der Waals surface area contributed by atoms with E-state index in [4.69, 9.17) is 17.3 Å². The van der Waals surface area contributed by atoms with Gasteiger partial charge in [-0.1, -0.05) is 56.0 Å². The van der Waals surface area contributed by atoms with E-state index >= 15 is 0 Å². The number of benzene rings is 1. The number of hydrogen-bond acceptors (Lipinski definition) is 4. The van der Waals surface area contributed by atoms with Crippen LogP contribution in [0, 0.1) is 5.92 Å². The maximum absolute atomic E-state index is 12.6. The lowest BCUT2D eigenvalue weighted by atomic mass is 10.1. The Kier molecular flexibility index (Phi) is 4.96. The number of thiocarbonyl (C=S) groups is 1. The topological polar surface area (TPSA) is 62.5 Å². The van der Waals surface area contributed by atoms with Gasteiger partial charge in [0.05, 0.1) is 4.91 Å². The Hall–Kier alpha value is -2.12. The molecule has 0 unspecified atom stereocenters. The lowest BCUT2D eigenvalue weighted by Gasteiger charge is -2.16. The standard InChI is InChI=1S/C18H18N2O3S2/c1-11(2)8-20-17(23)15(25-18(20)24)7-12-9-19(10-16(21)22)14-6-4-3-5-13(12)14/h3-7,9,11H,8,10H2,1-2H3,(H,21,22)/b15-7-. The van der Waals surface area contributed by atoms with Gasteiger partial charge in [0.25, 0.3) is 5.91 Å². The van der Waals surface area contributed by atoms with Gasteiger partial charge in [-0.15, -0.1) is 0 Å². The molecule has 3 rings (SSSR count). The van der Waals surface area contributed by atoms with Crippen LogP contribution in [-0.4, -0.2) is 37.3 Å². The SMILES string of the molecule is CC(C)CN1C(=O)/C(=C/c2cn(CC(=O)O)c3ccccc23)SC1=S. The first-order chi connectivity index (χ1) is 11.9. The highest BCUT2D eigenvalue weighted by molar-refractivity contribution is 8.26. The van der Waals surface area contributed by atoms with Crippen molar-refractivity contribution in [3.8, 4) is 0 Å². The van der Waals surface area contributed by atoms with Crippen molar-refractivity contribution in [1.82, 2.24) is 9.47 Å². The summed E-state index contributed by atoms with van der Waals surface area (Å²) < 4.78 is 2.25. The van der Waals surface area contributed by atoms with E-state index in [1.807, 2.05) is 38.1 Å². The highest BCUT2D eigenvalue weighted by atomic mass is 32.2. The lowest BCUT2D eigenvalue weighted by Crippen LogP contribution is -2.31. The van der Waals surface area contributed by atoms with E-state index in [2.05, 4.69) is 0 Å². The minimum Gasteiger partial charge on any atom is -0.480 e. The van der Waals surface area contributed by atoms with E-state index in [1.165, 1.54) is 11.8 Å². The van der Waals surface area contributed by atoms with Crippen LogP contribution in [0.4, 0.5) is 0 Å².